The monoisotopic (exact) mass is 375 g/mol. The fraction of sp³-hybridized carbons (Fsp3) is 0.136. The van der Waals surface area contributed by atoms with Crippen molar-refractivity contribution < 1.29 is 14.6 Å². The van der Waals surface area contributed by atoms with Crippen LogP contribution in [0.2, 0.25) is 0 Å². The number of aliphatic hydroxyl groups excluding tert-OH is 1. The normalized spacial score (nSPS) is 12.1. The van der Waals surface area contributed by atoms with Crippen LogP contribution in [0.25, 0.3) is 16.9 Å². The van der Waals surface area contributed by atoms with Gasteiger partial charge in [0.15, 0.2) is 11.6 Å². The van der Waals surface area contributed by atoms with E-state index in [2.05, 4.69) is 10.1 Å². The zero-order valence-corrected chi connectivity index (χ0v) is 16.0. The molecule has 2 aromatic carbocycles. The molecule has 0 aliphatic rings. The topological polar surface area (TPSA) is 76.7 Å². The molecule has 1 heterocycles. The van der Waals surface area contributed by atoms with Gasteiger partial charge in [-0.3, -0.25) is 4.79 Å². The van der Waals surface area contributed by atoms with E-state index in [4.69, 9.17) is 4.74 Å². The van der Waals surface area contributed by atoms with Gasteiger partial charge in [-0.15, -0.1) is 0 Å². The minimum absolute atomic E-state index is 0.0718. The van der Waals surface area contributed by atoms with Crippen molar-refractivity contribution in [3.63, 3.8) is 0 Å². The van der Waals surface area contributed by atoms with Crippen LogP contribution in [0.5, 0.6) is 5.75 Å². The molecule has 28 heavy (non-hydrogen) atoms. The van der Waals surface area contributed by atoms with E-state index in [0.717, 1.165) is 22.7 Å². The number of carbonyl (C=O) groups is 1. The summed E-state index contributed by atoms with van der Waals surface area (Å²) >= 11 is 0. The predicted molar refractivity (Wildman–Crippen MR) is 110 cm³/mol. The Balaban J connectivity index is 2.08. The summed E-state index contributed by atoms with van der Waals surface area (Å²) < 4.78 is 6.90. The summed E-state index contributed by atoms with van der Waals surface area (Å²) in [6.07, 6.45) is 1.37. The lowest BCUT2D eigenvalue weighted by Gasteiger charge is -2.04. The summed E-state index contributed by atoms with van der Waals surface area (Å²) in [5, 5.41) is 14.4. The number of carbonyl (C=O) groups excluding carboxylic acids is 1. The molecule has 1 N–H and O–H groups in total. The fourth-order valence-electron chi connectivity index (χ4n) is 2.70. The van der Waals surface area contributed by atoms with Crippen molar-refractivity contribution in [2.75, 3.05) is 7.11 Å². The Kier molecular flexibility index (Phi) is 5.69. The lowest BCUT2D eigenvalue weighted by atomic mass is 10.1. The fourth-order valence-corrected chi connectivity index (χ4v) is 2.70. The largest absolute Gasteiger partial charge is 0.512 e. The van der Waals surface area contributed by atoms with Crippen molar-refractivity contribution >= 4 is 17.8 Å². The molecule has 0 saturated heterocycles. The number of rotatable bonds is 6. The molecule has 0 aliphatic carbocycles. The summed E-state index contributed by atoms with van der Waals surface area (Å²) in [4.78, 5) is 16.1. The number of para-hydroxylation sites is 1. The number of aromatic nitrogens is 2. The van der Waals surface area contributed by atoms with Gasteiger partial charge >= 0.3 is 0 Å². The molecular formula is C22H21N3O3. The molecule has 142 valence electrons. The van der Waals surface area contributed by atoms with Gasteiger partial charge in [-0.2, -0.15) is 5.10 Å². The van der Waals surface area contributed by atoms with Crippen molar-refractivity contribution in [1.82, 2.24) is 9.78 Å². The minimum atomic E-state index is -0.259. The number of methoxy groups -OCH3 is 1. The van der Waals surface area contributed by atoms with Crippen LogP contribution in [-0.2, 0) is 4.79 Å². The summed E-state index contributed by atoms with van der Waals surface area (Å²) in [5.74, 6) is 0.971. The van der Waals surface area contributed by atoms with Crippen LogP contribution in [-0.4, -0.2) is 34.0 Å². The molecule has 0 aliphatic heterocycles. The first kappa shape index (κ1) is 19.1. The molecule has 0 radical (unpaired) electrons. The predicted octanol–water partition coefficient (Wildman–Crippen LogP) is 4.67. The first-order chi connectivity index (χ1) is 13.5. The Morgan fingerprint density at radius 1 is 1.11 bits per heavy atom. The van der Waals surface area contributed by atoms with Gasteiger partial charge in [-0.1, -0.05) is 18.2 Å². The van der Waals surface area contributed by atoms with Crippen molar-refractivity contribution in [3.8, 4) is 22.7 Å². The highest BCUT2D eigenvalue weighted by Crippen LogP contribution is 2.28. The van der Waals surface area contributed by atoms with Crippen LogP contribution >= 0.6 is 0 Å². The number of ether oxygens (including phenoxy) is 1. The second kappa shape index (κ2) is 8.35. The molecule has 3 aromatic rings. The smallest absolute Gasteiger partial charge is 0.164 e. The van der Waals surface area contributed by atoms with Crippen LogP contribution in [0.4, 0.5) is 5.82 Å². The van der Waals surface area contributed by atoms with E-state index in [1.807, 2.05) is 60.7 Å². The number of hydrogen-bond donors (Lipinski definition) is 1. The molecule has 0 amide bonds. The maximum Gasteiger partial charge on any atom is 0.164 e. The number of aliphatic hydroxyl groups is 1. The molecule has 3 rings (SSSR count). The van der Waals surface area contributed by atoms with Crippen molar-refractivity contribution in [1.29, 1.82) is 0 Å². The zero-order chi connectivity index (χ0) is 20.1. The average molecular weight is 375 g/mol. The second-order valence-electron chi connectivity index (χ2n) is 6.18. The minimum Gasteiger partial charge on any atom is -0.512 e. The van der Waals surface area contributed by atoms with Crippen LogP contribution in [0, 0.1) is 0 Å². The summed E-state index contributed by atoms with van der Waals surface area (Å²) in [6.45, 7) is 2.85. The number of benzene rings is 2. The lowest BCUT2D eigenvalue weighted by Crippen LogP contribution is -2.02. The third-order valence-electron chi connectivity index (χ3n) is 4.17. The Morgan fingerprint density at radius 3 is 2.36 bits per heavy atom. The Morgan fingerprint density at radius 2 is 1.79 bits per heavy atom. The van der Waals surface area contributed by atoms with E-state index in [0.29, 0.717) is 5.82 Å². The van der Waals surface area contributed by atoms with Gasteiger partial charge in [-0.25, -0.2) is 9.67 Å². The maximum absolute atomic E-state index is 11.7. The summed E-state index contributed by atoms with van der Waals surface area (Å²) in [6, 6.07) is 19.0. The van der Waals surface area contributed by atoms with Crippen LogP contribution in [0.15, 0.2) is 77.0 Å². The van der Waals surface area contributed by atoms with Gasteiger partial charge in [-0.05, 0) is 50.2 Å². The number of ketones is 1. The Labute approximate surface area is 163 Å². The van der Waals surface area contributed by atoms with Gasteiger partial charge in [0.2, 0.25) is 0 Å². The van der Waals surface area contributed by atoms with E-state index >= 15 is 0 Å². The first-order valence-electron chi connectivity index (χ1n) is 8.74. The van der Waals surface area contributed by atoms with E-state index in [9.17, 15) is 9.90 Å². The first-order valence-corrected chi connectivity index (χ1v) is 8.74. The second-order valence-corrected chi connectivity index (χ2v) is 6.18. The lowest BCUT2D eigenvalue weighted by molar-refractivity contribution is -0.113. The van der Waals surface area contributed by atoms with Crippen molar-refractivity contribution in [2.24, 2.45) is 4.99 Å². The van der Waals surface area contributed by atoms with Gasteiger partial charge in [0.1, 0.15) is 11.5 Å². The molecule has 6 nitrogen and oxygen atoms in total. The van der Waals surface area contributed by atoms with E-state index in [1.54, 1.807) is 11.8 Å². The van der Waals surface area contributed by atoms with E-state index < -0.39 is 0 Å². The van der Waals surface area contributed by atoms with E-state index in [1.165, 1.54) is 20.1 Å². The number of allylic oxidation sites excluding steroid dienone is 2. The number of Topliss-reactive ketones (excluding diaryl/α,β-unsaturated/α-hetero) is 1. The van der Waals surface area contributed by atoms with Crippen LogP contribution < -0.4 is 4.74 Å². The molecule has 0 fully saturated rings. The molecule has 0 unspecified atom stereocenters. The average Bonchev–Trinajstić information content (AvgIpc) is 3.12. The number of nitrogens with zero attached hydrogens (tertiary/aromatic N) is 3. The summed E-state index contributed by atoms with van der Waals surface area (Å²) in [5.41, 5.74) is 2.63. The van der Waals surface area contributed by atoms with E-state index in [-0.39, 0.29) is 17.1 Å². The van der Waals surface area contributed by atoms with Gasteiger partial charge in [0, 0.05) is 17.8 Å². The SMILES string of the molecule is COc1ccc(-c2cc(/N=C/C(C(C)=O)=C(/C)O)n(-c3ccccc3)n2)cc1. The third-order valence-corrected chi connectivity index (χ3v) is 4.17. The highest BCUT2D eigenvalue weighted by atomic mass is 16.5. The van der Waals surface area contributed by atoms with Crippen molar-refractivity contribution in [2.45, 2.75) is 13.8 Å². The molecule has 6 heteroatoms. The van der Waals surface area contributed by atoms with Gasteiger partial charge in [0.25, 0.3) is 0 Å². The molecule has 0 saturated carbocycles. The Bertz CT molecular complexity index is 1030. The number of aliphatic imine (C=N–C) groups is 1. The third kappa shape index (κ3) is 4.17. The molecule has 0 spiro atoms. The van der Waals surface area contributed by atoms with Crippen LogP contribution in [0.3, 0.4) is 0 Å². The molecule has 1 aromatic heterocycles. The van der Waals surface area contributed by atoms with Gasteiger partial charge in [0.05, 0.1) is 24.1 Å². The maximum atomic E-state index is 11.7. The highest BCUT2D eigenvalue weighted by molar-refractivity contribution is 6.12. The van der Waals surface area contributed by atoms with Gasteiger partial charge < -0.3 is 9.84 Å². The molecule has 0 atom stereocenters. The summed E-state index contributed by atoms with van der Waals surface area (Å²) in [7, 11) is 1.62. The Hall–Kier alpha value is -3.67. The molecule has 0 bridgehead atoms. The number of hydrogen-bond acceptors (Lipinski definition) is 5. The molecular weight excluding hydrogens is 354 g/mol. The zero-order valence-electron chi connectivity index (χ0n) is 16.0. The van der Waals surface area contributed by atoms with Crippen molar-refractivity contribution in [3.05, 3.63) is 72.0 Å². The quantitative estimate of drug-likeness (QED) is 0.386. The van der Waals surface area contributed by atoms with Crippen LogP contribution in [0.1, 0.15) is 13.8 Å². The standard InChI is InChI=1S/C22H21N3O3/c1-15(26)20(16(2)27)14-23-22-13-21(17-9-11-19(28-3)12-10-17)24-25(22)18-7-5-4-6-8-18/h4-14,26H,1-3H3/b20-15+,23-14+. The highest BCUT2D eigenvalue weighted by Gasteiger charge is 2.12.